The predicted molar refractivity (Wildman–Crippen MR) is 131 cm³/mol. The van der Waals surface area contributed by atoms with Crippen molar-refractivity contribution in [3.8, 4) is 0 Å². The molecule has 0 radical (unpaired) electrons. The van der Waals surface area contributed by atoms with Gasteiger partial charge in [-0.2, -0.15) is 0 Å². The van der Waals surface area contributed by atoms with Crippen LogP contribution in [-0.2, 0) is 14.3 Å². The van der Waals surface area contributed by atoms with Crippen molar-refractivity contribution in [2.24, 2.45) is 0 Å². The Hall–Kier alpha value is -2.81. The third-order valence-electron chi connectivity index (χ3n) is 6.75. The zero-order valence-corrected chi connectivity index (χ0v) is 21.4. The van der Waals surface area contributed by atoms with Gasteiger partial charge in [0.15, 0.2) is 0 Å². The minimum absolute atomic E-state index is 0.187. The van der Waals surface area contributed by atoms with Crippen LogP contribution in [0.25, 0.3) is 0 Å². The van der Waals surface area contributed by atoms with Crippen LogP contribution in [0.1, 0.15) is 37.8 Å². The van der Waals surface area contributed by atoms with E-state index in [4.69, 9.17) is 4.74 Å². The van der Waals surface area contributed by atoms with E-state index in [9.17, 15) is 34.1 Å². The zero-order valence-electron chi connectivity index (χ0n) is 20.6. The Bertz CT molecular complexity index is 1190. The highest BCUT2D eigenvalue weighted by molar-refractivity contribution is 8.45. The molecule has 1 unspecified atom stereocenters. The molecule has 2 aliphatic rings. The van der Waals surface area contributed by atoms with Crippen LogP contribution in [-0.4, -0.2) is 59.3 Å². The molecular formula is C24H29F5N4O4S. The Morgan fingerprint density at radius 3 is 2.34 bits per heavy atom. The van der Waals surface area contributed by atoms with Gasteiger partial charge in [0.1, 0.15) is 10.9 Å². The van der Waals surface area contributed by atoms with Crippen LogP contribution in [0, 0.1) is 0 Å². The lowest BCUT2D eigenvalue weighted by molar-refractivity contribution is -0.130. The molecule has 1 aliphatic carbocycles. The van der Waals surface area contributed by atoms with Crippen molar-refractivity contribution >= 4 is 27.7 Å². The lowest BCUT2D eigenvalue weighted by Crippen LogP contribution is -2.57. The second-order valence-electron chi connectivity index (χ2n) is 10.0. The number of amides is 2. The molecule has 0 spiro atoms. The quantitative estimate of drug-likeness (QED) is 0.415. The normalized spacial score (nSPS) is 27.9. The number of ether oxygens (including phenoxy) is 1. The number of halogens is 5. The molecule has 2 amide bonds. The maximum atomic E-state index is 13.8. The summed E-state index contributed by atoms with van der Waals surface area (Å²) >= 11 is 0. The Morgan fingerprint density at radius 2 is 1.84 bits per heavy atom. The highest BCUT2D eigenvalue weighted by atomic mass is 32.5. The topological polar surface area (TPSA) is 104 Å². The maximum Gasteiger partial charge on any atom is 0.310 e. The van der Waals surface area contributed by atoms with E-state index in [0.717, 1.165) is 17.0 Å². The number of carbonyl (C=O) groups is 2. The fraction of sp³-hybridized carbons (Fsp3) is 0.458. The summed E-state index contributed by atoms with van der Waals surface area (Å²) < 4.78 is 72.2. The number of aromatic nitrogens is 1. The van der Waals surface area contributed by atoms with Crippen molar-refractivity contribution in [1.29, 1.82) is 0 Å². The van der Waals surface area contributed by atoms with Gasteiger partial charge in [-0.3, -0.25) is 19.5 Å². The fourth-order valence-electron chi connectivity index (χ4n) is 4.85. The highest BCUT2D eigenvalue weighted by Gasteiger charge is 2.65. The van der Waals surface area contributed by atoms with Gasteiger partial charge in [0.2, 0.25) is 11.8 Å². The molecule has 2 heterocycles. The summed E-state index contributed by atoms with van der Waals surface area (Å²) in [6, 6.07) is 2.32. The summed E-state index contributed by atoms with van der Waals surface area (Å²) in [6.07, 6.45) is 3.23. The van der Waals surface area contributed by atoms with Gasteiger partial charge in [-0.15, -0.1) is 0 Å². The van der Waals surface area contributed by atoms with E-state index < -0.39 is 50.7 Å². The lowest BCUT2D eigenvalue weighted by atomic mass is 9.77. The molecule has 210 valence electrons. The third-order valence-corrected chi connectivity index (χ3v) is 7.91. The number of rotatable bonds is 8. The molecule has 0 bridgehead atoms. The number of aliphatic hydroxyl groups is 1. The van der Waals surface area contributed by atoms with Gasteiger partial charge in [-0.1, -0.05) is 25.5 Å². The van der Waals surface area contributed by atoms with Gasteiger partial charge in [0, 0.05) is 43.3 Å². The summed E-state index contributed by atoms with van der Waals surface area (Å²) in [4.78, 5) is 30.3. The van der Waals surface area contributed by atoms with E-state index in [0.29, 0.717) is 6.54 Å². The average Bonchev–Trinajstić information content (AvgIpc) is 3.29. The number of benzene rings is 1. The van der Waals surface area contributed by atoms with Crippen LogP contribution in [0.2, 0.25) is 0 Å². The van der Waals surface area contributed by atoms with Gasteiger partial charge in [0.05, 0.1) is 17.7 Å². The first kappa shape index (κ1) is 28.2. The van der Waals surface area contributed by atoms with Gasteiger partial charge >= 0.3 is 10.2 Å². The van der Waals surface area contributed by atoms with Crippen LogP contribution < -0.4 is 15.5 Å². The van der Waals surface area contributed by atoms with E-state index in [1.54, 1.807) is 6.92 Å². The predicted octanol–water partition coefficient (Wildman–Crippen LogP) is 4.22. The molecule has 1 saturated carbocycles. The minimum Gasteiger partial charge on any atom is -0.390 e. The maximum absolute atomic E-state index is 13.8. The fourth-order valence-corrected chi connectivity index (χ4v) is 5.50. The van der Waals surface area contributed by atoms with E-state index in [-0.39, 0.29) is 48.8 Å². The van der Waals surface area contributed by atoms with Crippen LogP contribution >= 0.6 is 10.2 Å². The summed E-state index contributed by atoms with van der Waals surface area (Å²) in [6.45, 7) is 1.94. The SMILES string of the molecule is CO[C@H]1CN[C@@H](C(=O)N(c2ccc(S(F)(F)(F)(F)F)cc2)C(C(=O)NC2CC(C)(O)C2)c2cccnc2)C1. The van der Waals surface area contributed by atoms with Crippen molar-refractivity contribution in [1.82, 2.24) is 15.6 Å². The number of methoxy groups -OCH3 is 1. The zero-order chi connectivity index (χ0) is 28.0. The number of carbonyl (C=O) groups excluding carboxylic acids is 2. The molecule has 8 nitrogen and oxygen atoms in total. The number of pyridine rings is 1. The standard InChI is InChI=1S/C24H29F5N4O4S/c1-24(36)11-16(12-24)32-22(34)21(15-4-3-9-30-13-15)33(23(35)20-10-18(37-2)14-31-20)17-5-7-19(8-6-17)38(25,26,27,28)29/h3-9,13,16,18,20-21,31,36H,10-12,14H2,1-2H3,(H,32,34)/t16?,18-,20-,21?,24?/m1/s1. The molecular weight excluding hydrogens is 535 g/mol. The second kappa shape index (κ2) is 9.14. The molecule has 3 N–H and O–H groups in total. The number of nitrogens with zero attached hydrogens (tertiary/aromatic N) is 2. The third kappa shape index (κ3) is 6.25. The van der Waals surface area contributed by atoms with Crippen LogP contribution in [0.5, 0.6) is 0 Å². The Morgan fingerprint density at radius 1 is 1.18 bits per heavy atom. The van der Waals surface area contributed by atoms with Crippen LogP contribution in [0.4, 0.5) is 25.1 Å². The van der Waals surface area contributed by atoms with E-state index in [2.05, 4.69) is 15.6 Å². The van der Waals surface area contributed by atoms with E-state index >= 15 is 0 Å². The van der Waals surface area contributed by atoms with Crippen molar-refractivity contribution in [3.05, 3.63) is 54.4 Å². The molecule has 1 saturated heterocycles. The lowest BCUT2D eigenvalue weighted by Gasteiger charge is -2.43. The largest absolute Gasteiger partial charge is 0.390 e. The summed E-state index contributed by atoms with van der Waals surface area (Å²) in [5.41, 5.74) is -0.892. The molecule has 38 heavy (non-hydrogen) atoms. The van der Waals surface area contributed by atoms with Crippen LogP contribution in [0.15, 0.2) is 53.7 Å². The summed E-state index contributed by atoms with van der Waals surface area (Å²) in [7, 11) is -8.50. The summed E-state index contributed by atoms with van der Waals surface area (Å²) in [5, 5.41) is 15.8. The van der Waals surface area contributed by atoms with Gasteiger partial charge in [-0.25, -0.2) is 0 Å². The average molecular weight is 565 g/mol. The molecule has 14 heteroatoms. The smallest absolute Gasteiger partial charge is 0.310 e. The molecule has 2 fully saturated rings. The van der Waals surface area contributed by atoms with Crippen molar-refractivity contribution in [3.63, 3.8) is 0 Å². The monoisotopic (exact) mass is 564 g/mol. The van der Waals surface area contributed by atoms with Crippen molar-refractivity contribution < 1.29 is 38.9 Å². The van der Waals surface area contributed by atoms with Gasteiger partial charge in [0.25, 0.3) is 0 Å². The van der Waals surface area contributed by atoms with Crippen LogP contribution in [0.3, 0.4) is 0 Å². The van der Waals surface area contributed by atoms with Crippen molar-refractivity contribution in [2.45, 2.75) is 60.9 Å². The Balaban J connectivity index is 1.76. The second-order valence-corrected chi connectivity index (χ2v) is 12.4. The number of nitrogens with one attached hydrogen (secondary N) is 2. The first-order valence-electron chi connectivity index (χ1n) is 11.8. The molecule has 1 aliphatic heterocycles. The molecule has 1 aromatic heterocycles. The summed E-state index contributed by atoms with van der Waals surface area (Å²) in [5.74, 6) is -1.32. The molecule has 4 rings (SSSR count). The molecule has 3 atom stereocenters. The molecule has 2 aromatic rings. The molecule has 1 aromatic carbocycles. The van der Waals surface area contributed by atoms with E-state index in [1.165, 1.54) is 31.6 Å². The highest BCUT2D eigenvalue weighted by Crippen LogP contribution is 3.02. The number of hydrogen-bond acceptors (Lipinski definition) is 6. The van der Waals surface area contributed by atoms with E-state index in [1.807, 2.05) is 0 Å². The van der Waals surface area contributed by atoms with Gasteiger partial charge in [-0.05, 0) is 56.5 Å². The first-order chi connectivity index (χ1) is 17.5. The first-order valence-corrected chi connectivity index (χ1v) is 13.8. The van der Waals surface area contributed by atoms with Crippen molar-refractivity contribution in [2.75, 3.05) is 18.6 Å². The minimum atomic E-state index is -9.97. The Kier molecular flexibility index (Phi) is 6.78. The number of hydrogen-bond donors (Lipinski definition) is 3. The number of anilines is 1. The van der Waals surface area contributed by atoms with Gasteiger partial charge < -0.3 is 20.5 Å². The Labute approximate surface area is 216 Å².